The molecule has 0 amide bonds. The average molecular weight is 266 g/mol. The van der Waals surface area contributed by atoms with Crippen LogP contribution in [0, 0.1) is 0 Å². The molecule has 1 rings (SSSR count). The first-order chi connectivity index (χ1) is 9.02. The summed E-state index contributed by atoms with van der Waals surface area (Å²) in [7, 11) is 1.32. The van der Waals surface area contributed by atoms with E-state index in [4.69, 9.17) is 5.11 Å². The highest BCUT2D eigenvalue weighted by Gasteiger charge is 2.08. The van der Waals surface area contributed by atoms with Crippen LogP contribution in [0.3, 0.4) is 0 Å². The Kier molecular flexibility index (Phi) is 5.78. The first-order valence-corrected chi connectivity index (χ1v) is 6.05. The van der Waals surface area contributed by atoms with Crippen molar-refractivity contribution in [2.75, 3.05) is 12.4 Å². The number of hydrogen-bond acceptors (Lipinski definition) is 5. The lowest BCUT2D eigenvalue weighted by Crippen LogP contribution is -2.16. The van der Waals surface area contributed by atoms with Crippen molar-refractivity contribution in [2.45, 2.75) is 32.2 Å². The second kappa shape index (κ2) is 7.35. The zero-order valence-electron chi connectivity index (χ0n) is 11.0. The van der Waals surface area contributed by atoms with E-state index in [0.29, 0.717) is 17.8 Å². The van der Waals surface area contributed by atoms with Gasteiger partial charge in [0.2, 0.25) is 0 Å². The van der Waals surface area contributed by atoms with Crippen LogP contribution in [0.2, 0.25) is 0 Å². The van der Waals surface area contributed by atoms with Crippen LogP contribution in [0.1, 0.15) is 36.5 Å². The molecule has 0 spiro atoms. The molecule has 6 nitrogen and oxygen atoms in total. The van der Waals surface area contributed by atoms with Gasteiger partial charge in [-0.3, -0.25) is 4.79 Å². The van der Waals surface area contributed by atoms with Gasteiger partial charge in [-0.25, -0.2) is 9.78 Å². The van der Waals surface area contributed by atoms with Crippen molar-refractivity contribution < 1.29 is 19.4 Å². The van der Waals surface area contributed by atoms with Gasteiger partial charge in [-0.2, -0.15) is 0 Å². The van der Waals surface area contributed by atoms with E-state index in [9.17, 15) is 9.59 Å². The third-order valence-corrected chi connectivity index (χ3v) is 2.60. The van der Waals surface area contributed by atoms with E-state index in [0.717, 1.165) is 6.42 Å². The molecule has 19 heavy (non-hydrogen) atoms. The number of hydrogen-bond donors (Lipinski definition) is 2. The molecular formula is C13H18N2O4. The summed E-state index contributed by atoms with van der Waals surface area (Å²) in [5.41, 5.74) is 0.428. The molecule has 0 radical (unpaired) electrons. The summed E-state index contributed by atoms with van der Waals surface area (Å²) in [6, 6.07) is 3.27. The topological polar surface area (TPSA) is 88.5 Å². The molecule has 0 saturated carbocycles. The van der Waals surface area contributed by atoms with Gasteiger partial charge >= 0.3 is 11.9 Å². The van der Waals surface area contributed by atoms with Gasteiger partial charge in [0.25, 0.3) is 0 Å². The van der Waals surface area contributed by atoms with Crippen molar-refractivity contribution in [1.29, 1.82) is 0 Å². The Bertz CT molecular complexity index is 448. The van der Waals surface area contributed by atoms with Crippen LogP contribution in [0.15, 0.2) is 18.3 Å². The quantitative estimate of drug-likeness (QED) is 0.733. The highest BCUT2D eigenvalue weighted by atomic mass is 16.5. The lowest BCUT2D eigenvalue weighted by atomic mass is 10.1. The standard InChI is InChI=1S/C13H18N2O4/c1-9(4-3-5-12(16)17)15-11-8-10(6-7-14-11)13(18)19-2/h6-9H,3-5H2,1-2H3,(H,14,15)(H,16,17). The number of aliphatic carboxylic acids is 1. The van der Waals surface area contributed by atoms with Crippen LogP contribution >= 0.6 is 0 Å². The fourth-order valence-electron chi connectivity index (χ4n) is 1.64. The van der Waals surface area contributed by atoms with Crippen LogP contribution in [-0.2, 0) is 9.53 Å². The van der Waals surface area contributed by atoms with Gasteiger partial charge < -0.3 is 15.2 Å². The molecule has 6 heteroatoms. The van der Waals surface area contributed by atoms with Gasteiger partial charge in [-0.05, 0) is 31.9 Å². The van der Waals surface area contributed by atoms with Crippen LogP contribution in [-0.4, -0.2) is 35.2 Å². The summed E-state index contributed by atoms with van der Waals surface area (Å²) in [4.78, 5) is 25.9. The lowest BCUT2D eigenvalue weighted by molar-refractivity contribution is -0.137. The predicted molar refractivity (Wildman–Crippen MR) is 70.1 cm³/mol. The highest BCUT2D eigenvalue weighted by molar-refractivity contribution is 5.89. The largest absolute Gasteiger partial charge is 0.481 e. The lowest BCUT2D eigenvalue weighted by Gasteiger charge is -2.14. The number of methoxy groups -OCH3 is 1. The van der Waals surface area contributed by atoms with Gasteiger partial charge in [0.15, 0.2) is 0 Å². The number of carbonyl (C=O) groups excluding carboxylic acids is 1. The van der Waals surface area contributed by atoms with Crippen molar-refractivity contribution in [3.8, 4) is 0 Å². The molecule has 2 N–H and O–H groups in total. The Hall–Kier alpha value is -2.11. The number of carboxylic acid groups (broad SMARTS) is 1. The number of ether oxygens (including phenoxy) is 1. The van der Waals surface area contributed by atoms with Crippen molar-refractivity contribution >= 4 is 17.8 Å². The fourth-order valence-corrected chi connectivity index (χ4v) is 1.64. The van der Waals surface area contributed by atoms with Gasteiger partial charge in [0, 0.05) is 18.7 Å². The third kappa shape index (κ3) is 5.37. The number of rotatable bonds is 7. The number of nitrogens with zero attached hydrogens (tertiary/aromatic N) is 1. The first-order valence-electron chi connectivity index (χ1n) is 6.05. The van der Waals surface area contributed by atoms with Crippen LogP contribution in [0.5, 0.6) is 0 Å². The molecule has 0 aliphatic carbocycles. The molecule has 1 aromatic rings. The predicted octanol–water partition coefficient (Wildman–Crippen LogP) is 1.92. The molecule has 1 heterocycles. The molecular weight excluding hydrogens is 248 g/mol. The van der Waals surface area contributed by atoms with Crippen molar-refractivity contribution in [3.63, 3.8) is 0 Å². The van der Waals surface area contributed by atoms with Crippen molar-refractivity contribution in [3.05, 3.63) is 23.9 Å². The normalized spacial score (nSPS) is 11.7. The summed E-state index contributed by atoms with van der Waals surface area (Å²) in [5.74, 6) is -0.632. The Morgan fingerprint density at radius 1 is 1.53 bits per heavy atom. The molecule has 0 aliphatic rings. The minimum absolute atomic E-state index is 0.0831. The van der Waals surface area contributed by atoms with E-state index in [1.54, 1.807) is 12.1 Å². The molecule has 104 valence electrons. The highest BCUT2D eigenvalue weighted by Crippen LogP contribution is 2.11. The summed E-state index contributed by atoms with van der Waals surface area (Å²) in [6.45, 7) is 1.94. The van der Waals surface area contributed by atoms with Crippen molar-refractivity contribution in [1.82, 2.24) is 4.98 Å². The molecule has 1 unspecified atom stereocenters. The van der Waals surface area contributed by atoms with E-state index >= 15 is 0 Å². The smallest absolute Gasteiger partial charge is 0.338 e. The minimum atomic E-state index is -0.794. The van der Waals surface area contributed by atoms with E-state index in [-0.39, 0.29) is 12.5 Å². The van der Waals surface area contributed by atoms with Crippen LogP contribution in [0.4, 0.5) is 5.82 Å². The van der Waals surface area contributed by atoms with E-state index < -0.39 is 11.9 Å². The molecule has 1 atom stereocenters. The van der Waals surface area contributed by atoms with Gasteiger partial charge in [-0.15, -0.1) is 0 Å². The molecule has 0 aromatic carbocycles. The van der Waals surface area contributed by atoms with Gasteiger partial charge in [0.05, 0.1) is 12.7 Å². The number of carboxylic acids is 1. The van der Waals surface area contributed by atoms with E-state index in [1.807, 2.05) is 6.92 Å². The molecule has 0 aliphatic heterocycles. The molecule has 0 saturated heterocycles. The SMILES string of the molecule is COC(=O)c1ccnc(NC(C)CCCC(=O)O)c1. The molecule has 0 fully saturated rings. The van der Waals surface area contributed by atoms with Crippen LogP contribution < -0.4 is 5.32 Å². The summed E-state index contributed by atoms with van der Waals surface area (Å²) in [6.07, 6.45) is 3.00. The maximum atomic E-state index is 11.4. The minimum Gasteiger partial charge on any atom is -0.481 e. The van der Waals surface area contributed by atoms with E-state index in [2.05, 4.69) is 15.0 Å². The molecule has 0 bridgehead atoms. The number of nitrogens with one attached hydrogen (secondary N) is 1. The maximum absolute atomic E-state index is 11.4. The van der Waals surface area contributed by atoms with Crippen molar-refractivity contribution in [2.24, 2.45) is 0 Å². The Morgan fingerprint density at radius 2 is 2.26 bits per heavy atom. The first kappa shape index (κ1) is 14.9. The Balaban J connectivity index is 2.52. The summed E-state index contributed by atoms with van der Waals surface area (Å²) in [5, 5.41) is 11.7. The fraction of sp³-hybridized carbons (Fsp3) is 0.462. The zero-order valence-corrected chi connectivity index (χ0v) is 11.0. The number of carbonyl (C=O) groups is 2. The maximum Gasteiger partial charge on any atom is 0.338 e. The van der Waals surface area contributed by atoms with Gasteiger partial charge in [-0.1, -0.05) is 0 Å². The van der Waals surface area contributed by atoms with Crippen LogP contribution in [0.25, 0.3) is 0 Å². The monoisotopic (exact) mass is 266 g/mol. The molecule has 1 aromatic heterocycles. The third-order valence-electron chi connectivity index (χ3n) is 2.60. The summed E-state index contributed by atoms with van der Waals surface area (Å²) < 4.78 is 4.63. The number of anilines is 1. The zero-order chi connectivity index (χ0) is 14.3. The average Bonchev–Trinajstić information content (AvgIpc) is 2.37. The van der Waals surface area contributed by atoms with E-state index in [1.165, 1.54) is 13.3 Å². The van der Waals surface area contributed by atoms with Gasteiger partial charge in [0.1, 0.15) is 5.82 Å². The Morgan fingerprint density at radius 3 is 2.89 bits per heavy atom. The number of aromatic nitrogens is 1. The summed E-state index contributed by atoms with van der Waals surface area (Å²) >= 11 is 0. The Labute approximate surface area is 111 Å². The number of pyridine rings is 1. The second-order valence-corrected chi connectivity index (χ2v) is 4.25. The number of esters is 1. The second-order valence-electron chi connectivity index (χ2n) is 4.25.